The van der Waals surface area contributed by atoms with Gasteiger partial charge in [0.1, 0.15) is 0 Å². The Balaban J connectivity index is 0.000000235. The number of rotatable bonds is 10. The molecule has 0 bridgehead atoms. The van der Waals surface area contributed by atoms with Crippen LogP contribution in [0.3, 0.4) is 0 Å². The van der Waals surface area contributed by atoms with Crippen LogP contribution >= 0.6 is 17.0 Å². The summed E-state index contributed by atoms with van der Waals surface area (Å²) in [5.74, 6) is 1.06. The first-order valence-electron chi connectivity index (χ1n) is 25.2. The molecule has 0 heterocycles. The van der Waals surface area contributed by atoms with Crippen molar-refractivity contribution in [1.29, 1.82) is 0 Å². The number of halogens is 2. The maximum atomic E-state index is 4.93. The molecule has 0 unspecified atom stereocenters. The summed E-state index contributed by atoms with van der Waals surface area (Å²) in [6, 6.07) is 55.9. The van der Waals surface area contributed by atoms with E-state index in [0.29, 0.717) is 11.8 Å². The fraction of sp³-hybridized carbons (Fsp3) is 0.323. The molecular weight excluding hydrogens is 1050 g/mol. The second-order valence-corrected chi connectivity index (χ2v) is 48.8. The van der Waals surface area contributed by atoms with E-state index < -0.39 is 53.1 Å². The third-order valence-electron chi connectivity index (χ3n) is 13.2. The van der Waals surface area contributed by atoms with E-state index >= 15 is 0 Å². The van der Waals surface area contributed by atoms with Gasteiger partial charge in [-0.2, -0.15) is 12.1 Å². The van der Waals surface area contributed by atoms with Crippen LogP contribution in [0.4, 0.5) is 0 Å². The average molecular weight is 1130 g/mol. The Labute approximate surface area is 450 Å². The van der Waals surface area contributed by atoms with Crippen molar-refractivity contribution >= 4 is 101 Å². The van der Waals surface area contributed by atoms with E-state index in [-0.39, 0.29) is 0 Å². The minimum absolute atomic E-state index is 0.529. The van der Waals surface area contributed by atoms with Crippen molar-refractivity contribution in [2.45, 2.75) is 131 Å². The first kappa shape index (κ1) is 58.0. The molecule has 0 aliphatic rings. The predicted molar refractivity (Wildman–Crippen MR) is 330 cm³/mol. The van der Waals surface area contributed by atoms with E-state index in [1.807, 2.05) is 0 Å². The van der Waals surface area contributed by atoms with Gasteiger partial charge in [0.25, 0.3) is 0 Å². The molecule has 0 nitrogen and oxygen atoms in total. The third-order valence-corrected chi connectivity index (χ3v) is 21.3. The molecule has 0 saturated heterocycles. The molecule has 2 radical (unpaired) electrons. The summed E-state index contributed by atoms with van der Waals surface area (Å²) < 4.78 is 0. The van der Waals surface area contributed by atoms with Crippen LogP contribution in [0.15, 0.2) is 146 Å². The van der Waals surface area contributed by atoms with Crippen molar-refractivity contribution in [3.05, 3.63) is 157 Å². The summed E-state index contributed by atoms with van der Waals surface area (Å²) >= 11 is -0.826. The van der Waals surface area contributed by atoms with E-state index in [2.05, 4.69) is 265 Å². The summed E-state index contributed by atoms with van der Waals surface area (Å²) in [4.78, 5) is 0. The molecule has 8 heteroatoms. The molecule has 0 aromatic heterocycles. The van der Waals surface area contributed by atoms with E-state index in [9.17, 15) is 0 Å². The van der Waals surface area contributed by atoms with Crippen molar-refractivity contribution in [3.63, 3.8) is 0 Å². The van der Waals surface area contributed by atoms with Gasteiger partial charge in [0, 0.05) is 9.52 Å². The number of hydrogen-bond donors (Lipinski definition) is 0. The number of hydrogen-bond acceptors (Lipinski definition) is 0. The van der Waals surface area contributed by atoms with Gasteiger partial charge in [0.05, 0.1) is 32.3 Å². The van der Waals surface area contributed by atoms with E-state index in [4.69, 9.17) is 17.0 Å². The van der Waals surface area contributed by atoms with Crippen LogP contribution in [0.1, 0.15) is 50.7 Å². The van der Waals surface area contributed by atoms with Gasteiger partial charge in [-0.15, -0.1) is 56.9 Å². The summed E-state index contributed by atoms with van der Waals surface area (Å²) in [5.41, 5.74) is 13.7. The van der Waals surface area contributed by atoms with Crippen molar-refractivity contribution < 1.29 is 20.8 Å². The van der Waals surface area contributed by atoms with Gasteiger partial charge in [-0.25, -0.2) is 0 Å². The molecule has 0 fully saturated rings. The molecule has 8 rings (SSSR count). The standard InChI is InChI=1S/2C30H37Si2.C2H6Si.2ClH.Zr/c2*1-21(2)24-16-23-14-15-28(22-12-10-9-11-13-22)30(29(23)19-24)25-17-26(31(3,4)5)20-27(18-25)32(6,7)8;1-3-2;;;/h2*9-21H,1-8H3;1-2H3;2*1H;/q2*-1;;;;+4/p-2. The van der Waals surface area contributed by atoms with Crippen molar-refractivity contribution in [1.82, 2.24) is 0 Å². The second-order valence-electron chi connectivity index (χ2n) is 23.8. The second kappa shape index (κ2) is 24.4. The number of fused-ring (bicyclic) bond motifs is 2. The van der Waals surface area contributed by atoms with Crippen molar-refractivity contribution in [3.8, 4) is 44.5 Å². The Morgan fingerprint density at radius 3 is 0.914 bits per heavy atom. The summed E-state index contributed by atoms with van der Waals surface area (Å²) in [6.07, 6.45) is 0. The molecule has 0 amide bonds. The molecule has 0 saturated carbocycles. The van der Waals surface area contributed by atoms with Gasteiger partial charge in [0.15, 0.2) is 0 Å². The quantitative estimate of drug-likeness (QED) is 0.0946. The van der Waals surface area contributed by atoms with Crippen LogP contribution in [-0.4, -0.2) is 41.8 Å². The van der Waals surface area contributed by atoms with E-state index in [1.54, 1.807) is 20.7 Å². The van der Waals surface area contributed by atoms with Gasteiger partial charge < -0.3 is 0 Å². The normalized spacial score (nSPS) is 12.0. The first-order chi connectivity index (χ1) is 32.7. The summed E-state index contributed by atoms with van der Waals surface area (Å²) in [7, 11) is 5.10. The van der Waals surface area contributed by atoms with Crippen LogP contribution < -0.4 is 20.7 Å². The molecule has 0 spiro atoms. The maximum absolute atomic E-state index is 4.93. The molecule has 8 aromatic carbocycles. The molecule has 8 aromatic rings. The third kappa shape index (κ3) is 14.6. The average Bonchev–Trinajstić information content (AvgIpc) is 3.94. The fourth-order valence-corrected chi connectivity index (χ4v) is 13.9. The first-order valence-corrected chi connectivity index (χ1v) is 47.5. The Morgan fingerprint density at radius 1 is 0.400 bits per heavy atom. The monoisotopic (exact) mass is 1120 g/mol. The van der Waals surface area contributed by atoms with Crippen LogP contribution in [0.5, 0.6) is 0 Å². The molecular formula is C62H80Cl2Si5Zr. The molecule has 70 heavy (non-hydrogen) atoms. The van der Waals surface area contributed by atoms with Crippen molar-refractivity contribution in [2.24, 2.45) is 0 Å². The molecule has 0 N–H and O–H groups in total. The zero-order valence-corrected chi connectivity index (χ0v) is 54.7. The van der Waals surface area contributed by atoms with Crippen LogP contribution in [-0.2, 0) is 20.8 Å². The van der Waals surface area contributed by atoms with E-state index in [0.717, 1.165) is 9.52 Å². The Bertz CT molecular complexity index is 2690. The topological polar surface area (TPSA) is 0 Å². The fourth-order valence-electron chi connectivity index (χ4n) is 8.89. The Kier molecular flexibility index (Phi) is 20.2. The SMILES string of the molecule is CC(C)c1cc2c(-c3cc([Si](C)(C)C)cc([Si](C)(C)C)c3)c(-c3ccccc3)ccc2[cH-]1.CC(C)c1cc2c(-c3cc([Si](C)(C)C)cc([Si](C)(C)C)c3)c(-c3ccccc3)ccc2[cH-]1.C[Si]C.[Cl][Zr+2][Cl]. The molecule has 366 valence electrons. The zero-order chi connectivity index (χ0) is 51.9. The Morgan fingerprint density at radius 2 is 0.671 bits per heavy atom. The number of benzene rings is 6. The summed E-state index contributed by atoms with van der Waals surface area (Å²) in [6.45, 7) is 43.1. The van der Waals surface area contributed by atoms with E-state index in [1.165, 1.54) is 77.2 Å². The van der Waals surface area contributed by atoms with Gasteiger partial charge in [0.2, 0.25) is 0 Å². The minimum atomic E-state index is -1.46. The van der Waals surface area contributed by atoms with Gasteiger partial charge >= 0.3 is 37.9 Å². The molecule has 0 aliphatic carbocycles. The summed E-state index contributed by atoms with van der Waals surface area (Å²) in [5, 5.41) is 11.8. The van der Waals surface area contributed by atoms with Gasteiger partial charge in [-0.3, -0.25) is 0 Å². The van der Waals surface area contributed by atoms with Crippen LogP contribution in [0, 0.1) is 0 Å². The molecule has 0 aliphatic heterocycles. The van der Waals surface area contributed by atoms with Crippen LogP contribution in [0.2, 0.25) is 91.7 Å². The van der Waals surface area contributed by atoms with Gasteiger partial charge in [-0.05, 0) is 45.2 Å². The van der Waals surface area contributed by atoms with Gasteiger partial charge in [-0.1, -0.05) is 260 Å². The van der Waals surface area contributed by atoms with Crippen molar-refractivity contribution in [2.75, 3.05) is 0 Å². The van der Waals surface area contributed by atoms with Crippen LogP contribution in [0.25, 0.3) is 66.1 Å². The zero-order valence-electron chi connectivity index (χ0n) is 45.8. The predicted octanol–water partition coefficient (Wildman–Crippen LogP) is 18.4. The Hall–Kier alpha value is -2.91. The molecule has 0 atom stereocenters.